The molecule has 28 heavy (non-hydrogen) atoms. The molecule has 0 N–H and O–H groups in total. The highest BCUT2D eigenvalue weighted by Crippen LogP contribution is 2.30. The van der Waals surface area contributed by atoms with Crippen molar-refractivity contribution in [3.63, 3.8) is 0 Å². The van der Waals surface area contributed by atoms with Crippen molar-refractivity contribution < 1.29 is 14.3 Å². The van der Waals surface area contributed by atoms with Crippen LogP contribution in [0.1, 0.15) is 35.2 Å². The van der Waals surface area contributed by atoms with Crippen molar-refractivity contribution in [2.24, 2.45) is 5.92 Å². The first-order chi connectivity index (χ1) is 13.7. The molecule has 0 aliphatic carbocycles. The fourth-order valence-electron chi connectivity index (χ4n) is 4.25. The molecule has 0 unspecified atom stereocenters. The molecule has 2 aliphatic rings. The van der Waals surface area contributed by atoms with E-state index in [1.807, 2.05) is 46.2 Å². The zero-order valence-electron chi connectivity index (χ0n) is 16.3. The minimum Gasteiger partial charge on any atom is -0.497 e. The molecule has 0 aromatic heterocycles. The van der Waals surface area contributed by atoms with Crippen molar-refractivity contribution in [1.29, 1.82) is 0 Å². The van der Waals surface area contributed by atoms with Crippen LogP contribution in [0.15, 0.2) is 48.5 Å². The van der Waals surface area contributed by atoms with Crippen molar-refractivity contribution in [3.8, 4) is 5.75 Å². The number of rotatable bonds is 3. The summed E-state index contributed by atoms with van der Waals surface area (Å²) in [5.74, 6) is 0.883. The van der Waals surface area contributed by atoms with Gasteiger partial charge in [0.25, 0.3) is 5.91 Å². The lowest BCUT2D eigenvalue weighted by Crippen LogP contribution is -2.45. The van der Waals surface area contributed by atoms with Gasteiger partial charge >= 0.3 is 0 Å². The Morgan fingerprint density at radius 2 is 1.79 bits per heavy atom. The van der Waals surface area contributed by atoms with E-state index < -0.39 is 0 Å². The summed E-state index contributed by atoms with van der Waals surface area (Å²) in [4.78, 5) is 29.7. The molecule has 0 radical (unpaired) electrons. The van der Waals surface area contributed by atoms with Gasteiger partial charge in [0.2, 0.25) is 5.91 Å². The Labute approximate surface area is 165 Å². The number of hydrogen-bond acceptors (Lipinski definition) is 3. The van der Waals surface area contributed by atoms with Gasteiger partial charge in [0, 0.05) is 36.8 Å². The van der Waals surface area contributed by atoms with Gasteiger partial charge in [0.15, 0.2) is 0 Å². The maximum atomic E-state index is 13.2. The fraction of sp³-hybridized carbons (Fsp3) is 0.391. The van der Waals surface area contributed by atoms with E-state index in [0.29, 0.717) is 37.2 Å². The summed E-state index contributed by atoms with van der Waals surface area (Å²) in [7, 11) is 1.60. The highest BCUT2D eigenvalue weighted by molar-refractivity contribution is 5.97. The lowest BCUT2D eigenvalue weighted by molar-refractivity contribution is -0.123. The number of benzene rings is 2. The van der Waals surface area contributed by atoms with Crippen LogP contribution in [0, 0.1) is 5.92 Å². The van der Waals surface area contributed by atoms with Gasteiger partial charge in [-0.25, -0.2) is 0 Å². The fourth-order valence-corrected chi connectivity index (χ4v) is 4.25. The van der Waals surface area contributed by atoms with Crippen LogP contribution in [0.4, 0.5) is 5.69 Å². The van der Waals surface area contributed by atoms with Gasteiger partial charge in [-0.1, -0.05) is 24.3 Å². The summed E-state index contributed by atoms with van der Waals surface area (Å²) >= 11 is 0. The van der Waals surface area contributed by atoms with Crippen molar-refractivity contribution in [1.82, 2.24) is 4.90 Å². The Balaban J connectivity index is 1.40. The molecule has 2 aromatic rings. The van der Waals surface area contributed by atoms with Gasteiger partial charge in [-0.15, -0.1) is 0 Å². The average Bonchev–Trinajstić information content (AvgIpc) is 2.78. The van der Waals surface area contributed by atoms with Crippen LogP contribution in [0.2, 0.25) is 0 Å². The number of anilines is 1. The van der Waals surface area contributed by atoms with Crippen molar-refractivity contribution in [2.75, 3.05) is 31.6 Å². The molecule has 5 nitrogen and oxygen atoms in total. The van der Waals surface area contributed by atoms with E-state index >= 15 is 0 Å². The van der Waals surface area contributed by atoms with Crippen LogP contribution in [0.5, 0.6) is 5.75 Å². The average molecular weight is 378 g/mol. The molecule has 1 fully saturated rings. The third kappa shape index (κ3) is 3.61. The number of ether oxygens (including phenoxy) is 1. The zero-order chi connectivity index (χ0) is 19.5. The lowest BCUT2D eigenvalue weighted by atomic mass is 9.92. The molecule has 0 atom stereocenters. The third-order valence-corrected chi connectivity index (χ3v) is 5.82. The molecule has 2 aliphatic heterocycles. The summed E-state index contributed by atoms with van der Waals surface area (Å²) in [5.41, 5.74) is 2.95. The van der Waals surface area contributed by atoms with Crippen LogP contribution in [0.3, 0.4) is 0 Å². The van der Waals surface area contributed by atoms with Crippen LogP contribution >= 0.6 is 0 Å². The van der Waals surface area contributed by atoms with Gasteiger partial charge in [0.1, 0.15) is 5.75 Å². The minimum absolute atomic E-state index is 0.00752. The van der Waals surface area contributed by atoms with Crippen LogP contribution < -0.4 is 9.64 Å². The topological polar surface area (TPSA) is 49.9 Å². The Morgan fingerprint density at radius 1 is 1.00 bits per heavy atom. The second kappa shape index (κ2) is 8.05. The number of carbonyl (C=O) groups is 2. The van der Waals surface area contributed by atoms with Gasteiger partial charge in [-0.05, 0) is 55.5 Å². The van der Waals surface area contributed by atoms with E-state index in [4.69, 9.17) is 4.74 Å². The molecule has 0 spiro atoms. The molecule has 4 rings (SSSR count). The number of likely N-dealkylation sites (tertiary alicyclic amines) is 1. The summed E-state index contributed by atoms with van der Waals surface area (Å²) < 4.78 is 5.22. The van der Waals surface area contributed by atoms with E-state index in [1.165, 1.54) is 5.56 Å². The van der Waals surface area contributed by atoms with Crippen molar-refractivity contribution in [3.05, 3.63) is 59.7 Å². The molecule has 146 valence electrons. The highest BCUT2D eigenvalue weighted by Gasteiger charge is 2.32. The number of aryl methyl sites for hydroxylation is 1. The molecular weight excluding hydrogens is 352 g/mol. The molecule has 2 aromatic carbocycles. The van der Waals surface area contributed by atoms with Gasteiger partial charge < -0.3 is 14.5 Å². The molecule has 1 saturated heterocycles. The summed E-state index contributed by atoms with van der Waals surface area (Å²) in [6, 6.07) is 15.4. The second-order valence-electron chi connectivity index (χ2n) is 7.52. The van der Waals surface area contributed by atoms with Crippen LogP contribution in [-0.2, 0) is 11.2 Å². The summed E-state index contributed by atoms with van der Waals surface area (Å²) in [6.07, 6.45) is 3.48. The first kappa shape index (κ1) is 18.5. The monoisotopic (exact) mass is 378 g/mol. The smallest absolute Gasteiger partial charge is 0.253 e. The van der Waals surface area contributed by atoms with Gasteiger partial charge in [-0.3, -0.25) is 9.59 Å². The number of hydrogen-bond donors (Lipinski definition) is 0. The van der Waals surface area contributed by atoms with Gasteiger partial charge in [-0.2, -0.15) is 0 Å². The molecule has 0 bridgehead atoms. The van der Waals surface area contributed by atoms with Gasteiger partial charge in [0.05, 0.1) is 7.11 Å². The Bertz CT molecular complexity index is 872. The first-order valence-electron chi connectivity index (χ1n) is 10.00. The molecule has 2 heterocycles. The zero-order valence-corrected chi connectivity index (χ0v) is 16.3. The predicted molar refractivity (Wildman–Crippen MR) is 109 cm³/mol. The highest BCUT2D eigenvalue weighted by atomic mass is 16.5. The molecule has 0 saturated carbocycles. The maximum Gasteiger partial charge on any atom is 0.253 e. The Hall–Kier alpha value is -2.82. The number of para-hydroxylation sites is 1. The number of piperidine rings is 1. The van der Waals surface area contributed by atoms with Crippen molar-refractivity contribution in [2.45, 2.75) is 25.7 Å². The Morgan fingerprint density at radius 3 is 2.57 bits per heavy atom. The van der Waals surface area contributed by atoms with E-state index in [0.717, 1.165) is 25.1 Å². The third-order valence-electron chi connectivity index (χ3n) is 5.82. The second-order valence-corrected chi connectivity index (χ2v) is 7.52. The summed E-state index contributed by atoms with van der Waals surface area (Å²) in [5, 5.41) is 0. The summed E-state index contributed by atoms with van der Waals surface area (Å²) in [6.45, 7) is 2.02. The van der Waals surface area contributed by atoms with E-state index in [2.05, 4.69) is 6.07 Å². The largest absolute Gasteiger partial charge is 0.497 e. The SMILES string of the molecule is COc1cccc(C(=O)N2CCC(C(=O)N3CCCc4ccccc43)CC2)c1. The van der Waals surface area contributed by atoms with Crippen LogP contribution in [0.25, 0.3) is 0 Å². The Kier molecular flexibility index (Phi) is 5.33. The minimum atomic E-state index is -0.0134. The standard InChI is InChI=1S/C23H26N2O3/c1-28-20-9-4-7-19(16-20)22(26)24-14-11-18(12-15-24)23(27)25-13-5-8-17-6-2-3-10-21(17)25/h2-4,6-7,9-10,16,18H,5,8,11-15H2,1H3. The van der Waals surface area contributed by atoms with E-state index in [9.17, 15) is 9.59 Å². The predicted octanol–water partition coefficient (Wildman–Crippen LogP) is 3.53. The van der Waals surface area contributed by atoms with Crippen LogP contribution in [-0.4, -0.2) is 43.5 Å². The van der Waals surface area contributed by atoms with E-state index in [1.54, 1.807) is 13.2 Å². The number of amides is 2. The normalized spacial score (nSPS) is 17.2. The quantitative estimate of drug-likeness (QED) is 0.821. The number of fused-ring (bicyclic) bond motifs is 1. The molecular formula is C23H26N2O3. The molecule has 2 amide bonds. The number of carbonyl (C=O) groups excluding carboxylic acids is 2. The number of nitrogens with zero attached hydrogens (tertiary/aromatic N) is 2. The first-order valence-corrected chi connectivity index (χ1v) is 10.00. The maximum absolute atomic E-state index is 13.2. The van der Waals surface area contributed by atoms with Crippen molar-refractivity contribution >= 4 is 17.5 Å². The molecule has 5 heteroatoms. The van der Waals surface area contributed by atoms with E-state index in [-0.39, 0.29) is 17.7 Å². The number of methoxy groups -OCH3 is 1. The lowest BCUT2D eigenvalue weighted by Gasteiger charge is -2.36.